The number of aliphatic hydroxyl groups is 3. The Morgan fingerprint density at radius 3 is 2.83 bits per heavy atom. The Bertz CT molecular complexity index is 489. The largest absolute Gasteiger partial charge is 0.394 e. The molecule has 0 aliphatic carbocycles. The van der Waals surface area contributed by atoms with Gasteiger partial charge in [0.15, 0.2) is 0 Å². The van der Waals surface area contributed by atoms with Gasteiger partial charge in [-0.3, -0.25) is 4.57 Å². The highest BCUT2D eigenvalue weighted by molar-refractivity contribution is 5.36. The summed E-state index contributed by atoms with van der Waals surface area (Å²) in [4.78, 5) is 15.2. The zero-order valence-corrected chi connectivity index (χ0v) is 9.56. The van der Waals surface area contributed by atoms with Crippen LogP contribution in [0.2, 0.25) is 0 Å². The van der Waals surface area contributed by atoms with Crippen molar-refractivity contribution >= 4 is 5.82 Å². The molecule has 2 rings (SSSR count). The number of rotatable bonds is 3. The molecule has 0 amide bonds. The van der Waals surface area contributed by atoms with Crippen LogP contribution in [0.4, 0.5) is 5.82 Å². The van der Waals surface area contributed by atoms with Gasteiger partial charge in [0.2, 0.25) is 0 Å². The number of nitrogen functional groups attached to an aromatic ring is 1. The van der Waals surface area contributed by atoms with E-state index in [4.69, 9.17) is 20.7 Å². The van der Waals surface area contributed by atoms with Crippen LogP contribution >= 0.6 is 0 Å². The van der Waals surface area contributed by atoms with Crippen molar-refractivity contribution in [2.24, 2.45) is 0 Å². The molecule has 5 N–H and O–H groups in total. The fraction of sp³-hybridized carbons (Fsp3) is 0.600. The summed E-state index contributed by atoms with van der Waals surface area (Å²) in [5, 5.41) is 27.6. The first-order chi connectivity index (χ1) is 8.56. The van der Waals surface area contributed by atoms with Crippen molar-refractivity contribution in [1.29, 1.82) is 0 Å². The Kier molecular flexibility index (Phi) is 3.62. The summed E-state index contributed by atoms with van der Waals surface area (Å²) in [5.74, 6) is -0.0315. The Hall–Kier alpha value is -1.48. The molecule has 0 unspecified atom stereocenters. The molecule has 0 radical (unpaired) electrons. The van der Waals surface area contributed by atoms with Gasteiger partial charge in [0.05, 0.1) is 19.3 Å². The maximum atomic E-state index is 11.7. The number of aliphatic hydroxyl groups excluding tert-OH is 3. The second-order valence-electron chi connectivity index (χ2n) is 4.11. The third-order valence-electron chi connectivity index (χ3n) is 2.93. The minimum Gasteiger partial charge on any atom is -0.394 e. The van der Waals surface area contributed by atoms with E-state index in [0.29, 0.717) is 5.56 Å². The third kappa shape index (κ3) is 2.23. The predicted molar refractivity (Wildman–Crippen MR) is 60.5 cm³/mol. The highest BCUT2D eigenvalue weighted by Crippen LogP contribution is 2.27. The monoisotopic (exact) mass is 257 g/mol. The molecule has 1 saturated heterocycles. The maximum absolute atomic E-state index is 11.7. The van der Waals surface area contributed by atoms with Crippen LogP contribution in [0.5, 0.6) is 0 Å². The van der Waals surface area contributed by atoms with Crippen molar-refractivity contribution in [1.82, 2.24) is 9.55 Å². The van der Waals surface area contributed by atoms with E-state index in [1.165, 1.54) is 6.20 Å². The van der Waals surface area contributed by atoms with Gasteiger partial charge < -0.3 is 25.8 Å². The molecule has 3 atom stereocenters. The standard InChI is InChI=1S/C10H15N3O5/c11-9-5(3-14)2-13(10(17)12-9)8-1-6(16)7(4-15)18-8/h2,6-8,14-16H,1,3-4H2,(H2,11,12,17)/t6-,7+,8+/m1/s1. The lowest BCUT2D eigenvalue weighted by Crippen LogP contribution is -2.29. The Morgan fingerprint density at radius 1 is 1.56 bits per heavy atom. The lowest BCUT2D eigenvalue weighted by atomic mass is 10.2. The normalized spacial score (nSPS) is 27.6. The number of nitrogens with zero attached hydrogens (tertiary/aromatic N) is 2. The summed E-state index contributed by atoms with van der Waals surface area (Å²) in [6.07, 6.45) is -0.772. The van der Waals surface area contributed by atoms with Crippen LogP contribution < -0.4 is 11.4 Å². The zero-order chi connectivity index (χ0) is 13.3. The minimum absolute atomic E-state index is 0.0315. The summed E-state index contributed by atoms with van der Waals surface area (Å²) in [7, 11) is 0. The van der Waals surface area contributed by atoms with Crippen molar-refractivity contribution in [3.05, 3.63) is 22.2 Å². The van der Waals surface area contributed by atoms with E-state index < -0.39 is 24.1 Å². The SMILES string of the molecule is Nc1nc(=O)n([C@@H]2C[C@@H](O)[C@H](CO)O2)cc1CO. The van der Waals surface area contributed by atoms with Crippen LogP contribution in [-0.2, 0) is 11.3 Å². The number of ether oxygens (including phenoxy) is 1. The van der Waals surface area contributed by atoms with Gasteiger partial charge in [0, 0.05) is 18.2 Å². The number of hydrogen-bond acceptors (Lipinski definition) is 7. The van der Waals surface area contributed by atoms with E-state index in [2.05, 4.69) is 4.98 Å². The fourth-order valence-electron chi connectivity index (χ4n) is 1.90. The third-order valence-corrected chi connectivity index (χ3v) is 2.93. The number of nitrogens with two attached hydrogens (primary N) is 1. The van der Waals surface area contributed by atoms with Crippen LogP contribution in [0.3, 0.4) is 0 Å². The van der Waals surface area contributed by atoms with Gasteiger partial charge in [-0.05, 0) is 0 Å². The van der Waals surface area contributed by atoms with Crippen molar-refractivity contribution < 1.29 is 20.1 Å². The van der Waals surface area contributed by atoms with Crippen LogP contribution in [0, 0.1) is 0 Å². The van der Waals surface area contributed by atoms with Gasteiger partial charge in [-0.1, -0.05) is 0 Å². The molecule has 0 saturated carbocycles. The van der Waals surface area contributed by atoms with Crippen molar-refractivity contribution in [3.63, 3.8) is 0 Å². The highest BCUT2D eigenvalue weighted by atomic mass is 16.5. The van der Waals surface area contributed by atoms with Gasteiger partial charge in [0.1, 0.15) is 18.1 Å². The van der Waals surface area contributed by atoms with Gasteiger partial charge >= 0.3 is 5.69 Å². The lowest BCUT2D eigenvalue weighted by Gasteiger charge is -2.15. The summed E-state index contributed by atoms with van der Waals surface area (Å²) in [5.41, 5.74) is 5.15. The second kappa shape index (κ2) is 5.02. The number of aromatic nitrogens is 2. The Morgan fingerprint density at radius 2 is 2.28 bits per heavy atom. The average Bonchev–Trinajstić information content (AvgIpc) is 2.70. The smallest absolute Gasteiger partial charge is 0.351 e. The summed E-state index contributed by atoms with van der Waals surface area (Å²) < 4.78 is 6.48. The quantitative estimate of drug-likeness (QED) is 0.490. The van der Waals surface area contributed by atoms with E-state index in [-0.39, 0.29) is 25.5 Å². The predicted octanol–water partition coefficient (Wildman–Crippen LogP) is -2.04. The van der Waals surface area contributed by atoms with Crippen LogP contribution in [0.1, 0.15) is 18.2 Å². The minimum atomic E-state index is -0.845. The highest BCUT2D eigenvalue weighted by Gasteiger charge is 2.35. The van der Waals surface area contributed by atoms with Gasteiger partial charge in [-0.2, -0.15) is 4.98 Å². The molecule has 1 aliphatic rings. The average molecular weight is 257 g/mol. The van der Waals surface area contributed by atoms with Crippen molar-refractivity contribution in [2.45, 2.75) is 31.5 Å². The lowest BCUT2D eigenvalue weighted by molar-refractivity contribution is -0.0459. The molecular weight excluding hydrogens is 242 g/mol. The Labute approximate surface area is 102 Å². The maximum Gasteiger partial charge on any atom is 0.351 e. The molecule has 18 heavy (non-hydrogen) atoms. The molecule has 0 spiro atoms. The zero-order valence-electron chi connectivity index (χ0n) is 9.56. The van der Waals surface area contributed by atoms with Crippen LogP contribution in [-0.4, -0.2) is 43.7 Å². The van der Waals surface area contributed by atoms with E-state index >= 15 is 0 Å². The van der Waals surface area contributed by atoms with Gasteiger partial charge in [-0.25, -0.2) is 4.79 Å². The molecule has 8 nitrogen and oxygen atoms in total. The summed E-state index contributed by atoms with van der Waals surface area (Å²) in [6, 6.07) is 0. The molecule has 1 aliphatic heterocycles. The van der Waals surface area contributed by atoms with Crippen LogP contribution in [0.15, 0.2) is 11.0 Å². The first-order valence-electron chi connectivity index (χ1n) is 5.49. The van der Waals surface area contributed by atoms with E-state index in [1.54, 1.807) is 0 Å². The second-order valence-corrected chi connectivity index (χ2v) is 4.11. The Balaban J connectivity index is 2.32. The molecule has 0 aromatic carbocycles. The first-order valence-corrected chi connectivity index (χ1v) is 5.49. The molecular formula is C10H15N3O5. The van der Waals surface area contributed by atoms with Gasteiger partial charge in [0.25, 0.3) is 0 Å². The van der Waals surface area contributed by atoms with Gasteiger partial charge in [-0.15, -0.1) is 0 Å². The molecule has 2 heterocycles. The van der Waals surface area contributed by atoms with Crippen molar-refractivity contribution in [2.75, 3.05) is 12.3 Å². The topological polar surface area (TPSA) is 131 Å². The summed E-state index contributed by atoms with van der Waals surface area (Å²) >= 11 is 0. The molecule has 1 fully saturated rings. The van der Waals surface area contributed by atoms with E-state index in [0.717, 1.165) is 4.57 Å². The van der Waals surface area contributed by atoms with E-state index in [9.17, 15) is 9.90 Å². The number of anilines is 1. The fourth-order valence-corrected chi connectivity index (χ4v) is 1.90. The molecule has 1 aromatic heterocycles. The van der Waals surface area contributed by atoms with Crippen LogP contribution in [0.25, 0.3) is 0 Å². The molecule has 8 heteroatoms. The number of hydrogen-bond donors (Lipinski definition) is 4. The molecule has 100 valence electrons. The van der Waals surface area contributed by atoms with Crippen molar-refractivity contribution in [3.8, 4) is 0 Å². The first kappa shape index (κ1) is 13.0. The molecule has 0 bridgehead atoms. The molecule has 1 aromatic rings. The summed E-state index contributed by atoms with van der Waals surface area (Å²) in [6.45, 7) is -0.681. The van der Waals surface area contributed by atoms with E-state index in [1.807, 2.05) is 0 Å².